The molecule has 8 heteroatoms. The van der Waals surface area contributed by atoms with Crippen molar-refractivity contribution in [3.05, 3.63) is 67.4 Å². The van der Waals surface area contributed by atoms with Gasteiger partial charge in [0.1, 0.15) is 21.9 Å². The number of carbonyl (C=O) groups is 1. The van der Waals surface area contributed by atoms with E-state index in [0.29, 0.717) is 12.2 Å². The predicted octanol–water partition coefficient (Wildman–Crippen LogP) is 4.76. The van der Waals surface area contributed by atoms with Gasteiger partial charge in [-0.2, -0.15) is 5.26 Å². The van der Waals surface area contributed by atoms with E-state index in [2.05, 4.69) is 0 Å². The number of rotatable bonds is 7. The molecule has 1 heterocycles. The van der Waals surface area contributed by atoms with E-state index in [1.54, 1.807) is 25.3 Å². The predicted molar refractivity (Wildman–Crippen MR) is 123 cm³/mol. The standard InChI is InChI=1S/C24H24Cl2N2O4/c1-13-16(12-27)22(30)28(10-9-14-5-7-15(32-4)8-6-14)23(31)19(13)21(29)20-17(11-18(25)26)24(20,2)3/h5-8,11,17,20,31H,9-10H2,1-4H3. The molecule has 3 rings (SSSR count). The quantitative estimate of drug-likeness (QED) is 0.583. The van der Waals surface area contributed by atoms with Gasteiger partial charge in [0.05, 0.1) is 12.7 Å². The molecule has 1 aliphatic carbocycles. The van der Waals surface area contributed by atoms with E-state index in [4.69, 9.17) is 27.9 Å². The summed E-state index contributed by atoms with van der Waals surface area (Å²) >= 11 is 11.6. The topological polar surface area (TPSA) is 92.3 Å². The van der Waals surface area contributed by atoms with Gasteiger partial charge in [0.15, 0.2) is 5.78 Å². The Morgan fingerprint density at radius 2 is 1.94 bits per heavy atom. The van der Waals surface area contributed by atoms with Crippen LogP contribution in [0.3, 0.4) is 0 Å². The van der Waals surface area contributed by atoms with Gasteiger partial charge in [-0.15, -0.1) is 0 Å². The molecule has 6 nitrogen and oxygen atoms in total. The van der Waals surface area contributed by atoms with Crippen LogP contribution in [0.1, 0.15) is 40.9 Å². The Labute approximate surface area is 196 Å². The van der Waals surface area contributed by atoms with E-state index >= 15 is 0 Å². The van der Waals surface area contributed by atoms with Crippen molar-refractivity contribution in [3.63, 3.8) is 0 Å². The molecule has 0 amide bonds. The van der Waals surface area contributed by atoms with Crippen LogP contribution >= 0.6 is 23.2 Å². The summed E-state index contributed by atoms with van der Waals surface area (Å²) in [5, 5.41) is 20.5. The van der Waals surface area contributed by atoms with E-state index in [9.17, 15) is 20.0 Å². The van der Waals surface area contributed by atoms with Gasteiger partial charge in [-0.1, -0.05) is 49.2 Å². The number of nitrogens with zero attached hydrogens (tertiary/aromatic N) is 2. The molecule has 1 saturated carbocycles. The Morgan fingerprint density at radius 1 is 1.31 bits per heavy atom. The summed E-state index contributed by atoms with van der Waals surface area (Å²) in [6, 6.07) is 9.20. The highest BCUT2D eigenvalue weighted by atomic mass is 35.5. The van der Waals surface area contributed by atoms with E-state index in [-0.39, 0.29) is 39.4 Å². The molecule has 2 atom stereocenters. The zero-order chi connectivity index (χ0) is 23.8. The number of pyridine rings is 1. The minimum atomic E-state index is -0.622. The number of hydrogen-bond donors (Lipinski definition) is 1. The average Bonchev–Trinajstić information content (AvgIpc) is 3.27. The van der Waals surface area contributed by atoms with E-state index in [1.807, 2.05) is 32.0 Å². The fourth-order valence-corrected chi connectivity index (χ4v) is 4.54. The van der Waals surface area contributed by atoms with Crippen molar-refractivity contribution >= 4 is 29.0 Å². The number of benzene rings is 1. The summed E-state index contributed by atoms with van der Waals surface area (Å²) in [4.78, 5) is 26.3. The van der Waals surface area contributed by atoms with Crippen LogP contribution in [0.15, 0.2) is 39.6 Å². The van der Waals surface area contributed by atoms with Crippen LogP contribution in [0.5, 0.6) is 11.6 Å². The Balaban J connectivity index is 2.00. The second-order valence-electron chi connectivity index (χ2n) is 8.51. The van der Waals surface area contributed by atoms with Gasteiger partial charge in [0, 0.05) is 12.5 Å². The molecule has 0 radical (unpaired) electrons. The summed E-state index contributed by atoms with van der Waals surface area (Å²) < 4.78 is 6.31. The number of Topliss-reactive ketones (excluding diaryl/α,β-unsaturated/α-hetero) is 1. The third-order valence-corrected chi connectivity index (χ3v) is 6.58. The summed E-state index contributed by atoms with van der Waals surface area (Å²) in [5.74, 6) is -0.734. The van der Waals surface area contributed by atoms with E-state index in [1.165, 1.54) is 6.92 Å². The third-order valence-electron chi connectivity index (χ3n) is 6.33. The maximum atomic E-state index is 13.4. The monoisotopic (exact) mass is 474 g/mol. The van der Waals surface area contributed by atoms with Crippen LogP contribution in [0.2, 0.25) is 0 Å². The number of methoxy groups -OCH3 is 1. The van der Waals surface area contributed by atoms with Gasteiger partial charge in [-0.25, -0.2) is 0 Å². The number of halogens is 2. The molecular formula is C24H24Cl2N2O4. The van der Waals surface area contributed by atoms with Crippen LogP contribution in [0.4, 0.5) is 0 Å². The lowest BCUT2D eigenvalue weighted by molar-refractivity contribution is 0.0946. The van der Waals surface area contributed by atoms with Crippen molar-refractivity contribution in [3.8, 4) is 17.7 Å². The fraction of sp³-hybridized carbons (Fsp3) is 0.375. The van der Waals surface area contributed by atoms with Gasteiger partial charge in [0.2, 0.25) is 5.88 Å². The fourth-order valence-electron chi connectivity index (χ4n) is 4.27. The summed E-state index contributed by atoms with van der Waals surface area (Å²) in [6.45, 7) is 5.43. The lowest BCUT2D eigenvalue weighted by Crippen LogP contribution is -2.28. The first-order valence-electron chi connectivity index (χ1n) is 10.1. The van der Waals surface area contributed by atoms with Gasteiger partial charge < -0.3 is 9.84 Å². The molecular weight excluding hydrogens is 451 g/mol. The largest absolute Gasteiger partial charge is 0.497 e. The van der Waals surface area contributed by atoms with Crippen molar-refractivity contribution in [1.29, 1.82) is 5.26 Å². The summed E-state index contributed by atoms with van der Waals surface area (Å²) in [6.07, 6.45) is 2.03. The van der Waals surface area contributed by atoms with Crippen LogP contribution in [0.25, 0.3) is 0 Å². The molecule has 1 aliphatic rings. The lowest BCUT2D eigenvalue weighted by Gasteiger charge is -2.16. The molecule has 0 aliphatic heterocycles. The third kappa shape index (κ3) is 4.28. The van der Waals surface area contributed by atoms with Gasteiger partial charge in [-0.3, -0.25) is 14.2 Å². The van der Waals surface area contributed by atoms with Crippen molar-refractivity contribution in [2.45, 2.75) is 33.7 Å². The Kier molecular flexibility index (Phi) is 6.73. The highest BCUT2D eigenvalue weighted by molar-refractivity contribution is 6.55. The highest BCUT2D eigenvalue weighted by Gasteiger charge is 2.61. The van der Waals surface area contributed by atoms with Gasteiger partial charge in [-0.05, 0) is 54.0 Å². The molecule has 2 unspecified atom stereocenters. The van der Waals surface area contributed by atoms with Crippen molar-refractivity contribution in [1.82, 2.24) is 4.57 Å². The zero-order valence-corrected chi connectivity index (χ0v) is 19.8. The summed E-state index contributed by atoms with van der Waals surface area (Å²) in [5.41, 5.74) is -0.0975. The number of ketones is 1. The smallest absolute Gasteiger partial charge is 0.271 e. The molecule has 1 aromatic carbocycles. The Bertz CT molecular complexity index is 1190. The highest BCUT2D eigenvalue weighted by Crippen LogP contribution is 2.61. The Morgan fingerprint density at radius 3 is 2.47 bits per heavy atom. The maximum Gasteiger partial charge on any atom is 0.271 e. The number of ether oxygens (including phenoxy) is 1. The SMILES string of the molecule is COc1ccc(CCn2c(O)c(C(=O)C3C(C=C(Cl)Cl)C3(C)C)c(C)c(C#N)c2=O)cc1. The van der Waals surface area contributed by atoms with E-state index < -0.39 is 22.8 Å². The second kappa shape index (κ2) is 9.01. The number of hydrogen-bond acceptors (Lipinski definition) is 5. The van der Waals surface area contributed by atoms with E-state index in [0.717, 1.165) is 10.1 Å². The van der Waals surface area contributed by atoms with Crippen molar-refractivity contribution in [2.75, 3.05) is 7.11 Å². The van der Waals surface area contributed by atoms with Crippen LogP contribution in [-0.2, 0) is 13.0 Å². The lowest BCUT2D eigenvalue weighted by atomic mass is 9.96. The number of aromatic hydroxyl groups is 1. The first-order valence-corrected chi connectivity index (χ1v) is 10.9. The first-order chi connectivity index (χ1) is 15.0. The summed E-state index contributed by atoms with van der Waals surface area (Å²) in [7, 11) is 1.57. The molecule has 1 fully saturated rings. The van der Waals surface area contributed by atoms with Crippen molar-refractivity contribution in [2.24, 2.45) is 17.3 Å². The van der Waals surface area contributed by atoms with Crippen LogP contribution < -0.4 is 10.3 Å². The molecule has 1 N–H and O–H groups in total. The molecule has 0 bridgehead atoms. The molecule has 168 valence electrons. The molecule has 32 heavy (non-hydrogen) atoms. The molecule has 0 spiro atoms. The van der Waals surface area contributed by atoms with Crippen LogP contribution in [-0.4, -0.2) is 22.6 Å². The second-order valence-corrected chi connectivity index (χ2v) is 9.52. The van der Waals surface area contributed by atoms with Crippen molar-refractivity contribution < 1.29 is 14.6 Å². The Hall–Kier alpha value is -2.75. The van der Waals surface area contributed by atoms with Gasteiger partial charge in [0.25, 0.3) is 5.56 Å². The average molecular weight is 475 g/mol. The number of aromatic nitrogens is 1. The molecule has 2 aromatic rings. The minimum Gasteiger partial charge on any atom is -0.497 e. The maximum absolute atomic E-state index is 13.4. The molecule has 1 aromatic heterocycles. The zero-order valence-electron chi connectivity index (χ0n) is 18.3. The normalized spacial score (nSPS) is 18.5. The minimum absolute atomic E-state index is 0.00412. The number of nitriles is 1. The number of aryl methyl sites for hydroxylation is 1. The van der Waals surface area contributed by atoms with Gasteiger partial charge >= 0.3 is 0 Å². The van der Waals surface area contributed by atoms with Crippen LogP contribution in [0, 0.1) is 35.5 Å². The first kappa shape index (κ1) is 23.9. The number of carbonyl (C=O) groups excluding carboxylic acids is 1. The number of allylic oxidation sites excluding steroid dienone is 1. The molecule has 0 saturated heterocycles.